The predicted molar refractivity (Wildman–Crippen MR) is 101 cm³/mol. The SMILES string of the molecule is CCCCCC(=O)NC(=O)NCCCCNC(=O)NC(=O)CCCCC. The Morgan fingerprint density at radius 1 is 0.577 bits per heavy atom. The molecule has 8 heteroatoms. The van der Waals surface area contributed by atoms with E-state index < -0.39 is 12.1 Å². The first-order valence-corrected chi connectivity index (χ1v) is 9.64. The summed E-state index contributed by atoms with van der Waals surface area (Å²) in [6.07, 6.45) is 7.59. The zero-order valence-corrected chi connectivity index (χ0v) is 16.1. The van der Waals surface area contributed by atoms with Crippen molar-refractivity contribution in [3.05, 3.63) is 0 Å². The summed E-state index contributed by atoms with van der Waals surface area (Å²) in [6.45, 7) is 4.92. The Bertz CT molecular complexity index is 401. The van der Waals surface area contributed by atoms with Gasteiger partial charge in [-0.25, -0.2) is 9.59 Å². The van der Waals surface area contributed by atoms with E-state index >= 15 is 0 Å². The number of hydrogen-bond acceptors (Lipinski definition) is 4. The summed E-state index contributed by atoms with van der Waals surface area (Å²) in [4.78, 5) is 45.9. The molecule has 0 unspecified atom stereocenters. The Morgan fingerprint density at radius 3 is 1.31 bits per heavy atom. The lowest BCUT2D eigenvalue weighted by Crippen LogP contribution is -2.41. The van der Waals surface area contributed by atoms with E-state index in [9.17, 15) is 19.2 Å². The second-order valence-corrected chi connectivity index (χ2v) is 6.23. The molecule has 0 fully saturated rings. The minimum absolute atomic E-state index is 0.266. The zero-order valence-electron chi connectivity index (χ0n) is 16.1. The molecule has 0 radical (unpaired) electrons. The molecule has 0 aliphatic carbocycles. The molecule has 0 aromatic carbocycles. The molecule has 0 aliphatic rings. The van der Waals surface area contributed by atoms with E-state index in [2.05, 4.69) is 35.1 Å². The smallest absolute Gasteiger partial charge is 0.321 e. The van der Waals surface area contributed by atoms with Crippen LogP contribution in [0.3, 0.4) is 0 Å². The standard InChI is InChI=1S/C18H34N4O4/c1-3-5-7-11-15(23)21-17(25)19-13-9-10-14-20-18(26)22-16(24)12-8-6-4-2/h3-14H2,1-2H3,(H2,19,21,23,25)(H2,20,22,24,26). The largest absolute Gasteiger partial charge is 0.338 e. The van der Waals surface area contributed by atoms with Gasteiger partial charge in [-0.15, -0.1) is 0 Å². The average Bonchev–Trinajstić information content (AvgIpc) is 2.58. The van der Waals surface area contributed by atoms with Crippen LogP contribution in [0.4, 0.5) is 9.59 Å². The van der Waals surface area contributed by atoms with Gasteiger partial charge < -0.3 is 10.6 Å². The maximum atomic E-state index is 11.5. The number of rotatable bonds is 13. The van der Waals surface area contributed by atoms with E-state index in [0.717, 1.165) is 38.5 Å². The van der Waals surface area contributed by atoms with Crippen LogP contribution >= 0.6 is 0 Å². The van der Waals surface area contributed by atoms with E-state index in [4.69, 9.17) is 0 Å². The second kappa shape index (κ2) is 16.4. The van der Waals surface area contributed by atoms with E-state index in [1.807, 2.05) is 0 Å². The van der Waals surface area contributed by atoms with E-state index in [1.165, 1.54) is 0 Å². The Hall–Kier alpha value is -2.12. The van der Waals surface area contributed by atoms with Crippen molar-refractivity contribution in [2.24, 2.45) is 0 Å². The number of urea groups is 2. The lowest BCUT2D eigenvalue weighted by atomic mass is 10.2. The van der Waals surface area contributed by atoms with Crippen molar-refractivity contribution < 1.29 is 19.2 Å². The molecule has 0 aromatic rings. The van der Waals surface area contributed by atoms with Gasteiger partial charge in [0.05, 0.1) is 0 Å². The summed E-state index contributed by atoms with van der Waals surface area (Å²) in [5, 5.41) is 9.77. The first-order chi connectivity index (χ1) is 12.5. The molecule has 0 saturated carbocycles. The summed E-state index contributed by atoms with van der Waals surface area (Å²) >= 11 is 0. The summed E-state index contributed by atoms with van der Waals surface area (Å²) < 4.78 is 0. The first kappa shape index (κ1) is 23.9. The molecular formula is C18H34N4O4. The van der Waals surface area contributed by atoms with Gasteiger partial charge in [0, 0.05) is 25.9 Å². The number of unbranched alkanes of at least 4 members (excludes halogenated alkanes) is 5. The third kappa shape index (κ3) is 15.4. The van der Waals surface area contributed by atoms with Gasteiger partial charge in [-0.05, 0) is 25.7 Å². The number of carbonyl (C=O) groups is 4. The molecule has 0 heterocycles. The van der Waals surface area contributed by atoms with Crippen LogP contribution in [0.1, 0.15) is 78.1 Å². The van der Waals surface area contributed by atoms with Gasteiger partial charge in [-0.3, -0.25) is 20.2 Å². The van der Waals surface area contributed by atoms with Crippen LogP contribution in [-0.2, 0) is 9.59 Å². The molecule has 26 heavy (non-hydrogen) atoms. The van der Waals surface area contributed by atoms with Crippen molar-refractivity contribution in [1.29, 1.82) is 0 Å². The Morgan fingerprint density at radius 2 is 0.962 bits per heavy atom. The third-order valence-corrected chi connectivity index (χ3v) is 3.70. The van der Waals surface area contributed by atoms with Crippen molar-refractivity contribution in [2.45, 2.75) is 78.1 Å². The molecule has 0 atom stereocenters. The molecule has 0 aliphatic heterocycles. The van der Waals surface area contributed by atoms with Crippen LogP contribution in [0.25, 0.3) is 0 Å². The fraction of sp³-hybridized carbons (Fsp3) is 0.778. The van der Waals surface area contributed by atoms with Crippen LogP contribution in [0.5, 0.6) is 0 Å². The molecule has 4 N–H and O–H groups in total. The Labute approximate surface area is 156 Å². The zero-order chi connectivity index (χ0) is 19.6. The minimum atomic E-state index is -0.491. The molecule has 0 rings (SSSR count). The summed E-state index contributed by atoms with van der Waals surface area (Å²) in [5.41, 5.74) is 0. The maximum absolute atomic E-state index is 11.5. The molecule has 6 amide bonds. The highest BCUT2D eigenvalue weighted by atomic mass is 16.2. The molecule has 0 saturated heterocycles. The normalized spacial score (nSPS) is 10.1. The van der Waals surface area contributed by atoms with Gasteiger partial charge in [-0.2, -0.15) is 0 Å². The highest BCUT2D eigenvalue weighted by Crippen LogP contribution is 1.98. The van der Waals surface area contributed by atoms with Gasteiger partial charge in [0.1, 0.15) is 0 Å². The summed E-state index contributed by atoms with van der Waals surface area (Å²) in [5.74, 6) is -0.532. The fourth-order valence-electron chi connectivity index (χ4n) is 2.19. The van der Waals surface area contributed by atoms with E-state index in [1.54, 1.807) is 0 Å². The molecule has 0 bridgehead atoms. The second-order valence-electron chi connectivity index (χ2n) is 6.23. The fourth-order valence-corrected chi connectivity index (χ4v) is 2.19. The number of imide groups is 2. The lowest BCUT2D eigenvalue weighted by molar-refractivity contribution is -0.121. The predicted octanol–water partition coefficient (Wildman–Crippen LogP) is 2.58. The van der Waals surface area contributed by atoms with Gasteiger partial charge >= 0.3 is 12.1 Å². The van der Waals surface area contributed by atoms with Crippen LogP contribution in [0, 0.1) is 0 Å². The maximum Gasteiger partial charge on any atom is 0.321 e. The quantitative estimate of drug-likeness (QED) is 0.373. The number of amides is 6. The van der Waals surface area contributed by atoms with Crippen LogP contribution in [0.15, 0.2) is 0 Å². The molecule has 150 valence electrons. The monoisotopic (exact) mass is 370 g/mol. The summed E-state index contributed by atoms with van der Waals surface area (Å²) in [7, 11) is 0. The molecular weight excluding hydrogens is 336 g/mol. The van der Waals surface area contributed by atoms with Gasteiger partial charge in [-0.1, -0.05) is 39.5 Å². The molecule has 8 nitrogen and oxygen atoms in total. The minimum Gasteiger partial charge on any atom is -0.338 e. The van der Waals surface area contributed by atoms with Crippen LogP contribution in [0.2, 0.25) is 0 Å². The third-order valence-electron chi connectivity index (χ3n) is 3.70. The topological polar surface area (TPSA) is 116 Å². The summed E-state index contributed by atoms with van der Waals surface area (Å²) in [6, 6.07) is -0.982. The van der Waals surface area contributed by atoms with Crippen LogP contribution in [-0.4, -0.2) is 37.0 Å². The molecule has 0 aromatic heterocycles. The Kier molecular flexibility index (Phi) is 15.0. The average molecular weight is 370 g/mol. The number of hydrogen-bond donors (Lipinski definition) is 4. The van der Waals surface area contributed by atoms with Gasteiger partial charge in [0.15, 0.2) is 0 Å². The van der Waals surface area contributed by atoms with Crippen molar-refractivity contribution in [1.82, 2.24) is 21.3 Å². The number of nitrogens with one attached hydrogen (secondary N) is 4. The van der Waals surface area contributed by atoms with Crippen LogP contribution < -0.4 is 21.3 Å². The highest BCUT2D eigenvalue weighted by Gasteiger charge is 2.07. The number of carbonyl (C=O) groups excluding carboxylic acids is 4. The van der Waals surface area contributed by atoms with Crippen molar-refractivity contribution in [3.8, 4) is 0 Å². The van der Waals surface area contributed by atoms with E-state index in [-0.39, 0.29) is 11.8 Å². The lowest BCUT2D eigenvalue weighted by Gasteiger charge is -2.08. The van der Waals surface area contributed by atoms with Crippen molar-refractivity contribution in [3.63, 3.8) is 0 Å². The van der Waals surface area contributed by atoms with Crippen molar-refractivity contribution >= 4 is 23.9 Å². The van der Waals surface area contributed by atoms with Gasteiger partial charge in [0.2, 0.25) is 11.8 Å². The van der Waals surface area contributed by atoms with Crippen molar-refractivity contribution in [2.75, 3.05) is 13.1 Å². The molecule has 0 spiro atoms. The first-order valence-electron chi connectivity index (χ1n) is 9.64. The van der Waals surface area contributed by atoms with E-state index in [0.29, 0.717) is 38.8 Å². The Balaban J connectivity index is 3.56. The highest BCUT2D eigenvalue weighted by molar-refractivity contribution is 5.94. The van der Waals surface area contributed by atoms with Gasteiger partial charge in [0.25, 0.3) is 0 Å².